The molecule has 1 aromatic rings. The van der Waals surface area contributed by atoms with Crippen LogP contribution in [-0.4, -0.2) is 29.9 Å². The minimum Gasteiger partial charge on any atom is -0.504 e. The summed E-state index contributed by atoms with van der Waals surface area (Å²) in [5.41, 5.74) is -0.134. The standard InChI is InChI=1S/C14H12Br2O6/c1-14(2)21-12(18)7(13(19)22-14)4-6-10(16)8(15)5-9(20-3)11(6)17/h4-5,17H,1-3H3. The fraction of sp³-hybridized carbons (Fsp3) is 0.286. The van der Waals surface area contributed by atoms with E-state index in [1.165, 1.54) is 27.0 Å². The minimum atomic E-state index is -1.32. The Hall–Kier alpha value is -1.54. The molecule has 1 N–H and O–H groups in total. The van der Waals surface area contributed by atoms with Crippen LogP contribution in [0.3, 0.4) is 0 Å². The Balaban J connectivity index is 2.56. The zero-order chi connectivity index (χ0) is 16.7. The quantitative estimate of drug-likeness (QED) is 0.436. The van der Waals surface area contributed by atoms with Crippen molar-refractivity contribution in [3.63, 3.8) is 0 Å². The van der Waals surface area contributed by atoms with Gasteiger partial charge in [0.05, 0.1) is 7.11 Å². The van der Waals surface area contributed by atoms with Crippen LogP contribution < -0.4 is 4.74 Å². The molecular weight excluding hydrogens is 424 g/mol. The second-order valence-corrected chi connectivity index (χ2v) is 6.52. The summed E-state index contributed by atoms with van der Waals surface area (Å²) in [7, 11) is 1.39. The van der Waals surface area contributed by atoms with E-state index in [0.29, 0.717) is 8.95 Å². The van der Waals surface area contributed by atoms with Crippen molar-refractivity contribution in [2.24, 2.45) is 0 Å². The van der Waals surface area contributed by atoms with Gasteiger partial charge in [0.15, 0.2) is 11.5 Å². The summed E-state index contributed by atoms with van der Waals surface area (Å²) in [6.07, 6.45) is 1.19. The SMILES string of the molecule is COc1cc(Br)c(Br)c(C=C2C(=O)OC(C)(C)OC2=O)c1O. The summed E-state index contributed by atoms with van der Waals surface area (Å²) in [6.45, 7) is 2.91. The van der Waals surface area contributed by atoms with Gasteiger partial charge in [-0.2, -0.15) is 0 Å². The first-order valence-corrected chi connectivity index (χ1v) is 7.68. The highest BCUT2D eigenvalue weighted by Crippen LogP contribution is 2.42. The Morgan fingerprint density at radius 3 is 2.27 bits per heavy atom. The highest BCUT2D eigenvalue weighted by atomic mass is 79.9. The van der Waals surface area contributed by atoms with Crippen molar-refractivity contribution in [1.29, 1.82) is 0 Å². The van der Waals surface area contributed by atoms with E-state index in [9.17, 15) is 14.7 Å². The van der Waals surface area contributed by atoms with Gasteiger partial charge in [0.1, 0.15) is 5.57 Å². The molecule has 0 radical (unpaired) electrons. The Kier molecular flexibility index (Phi) is 4.53. The summed E-state index contributed by atoms with van der Waals surface area (Å²) in [5.74, 6) is -3.02. The summed E-state index contributed by atoms with van der Waals surface area (Å²) < 4.78 is 16.1. The number of hydrogen-bond acceptors (Lipinski definition) is 6. The van der Waals surface area contributed by atoms with Crippen LogP contribution in [0.2, 0.25) is 0 Å². The number of methoxy groups -OCH3 is 1. The smallest absolute Gasteiger partial charge is 0.348 e. The van der Waals surface area contributed by atoms with Crippen molar-refractivity contribution in [3.8, 4) is 11.5 Å². The highest BCUT2D eigenvalue weighted by Gasteiger charge is 2.39. The second kappa shape index (κ2) is 5.92. The van der Waals surface area contributed by atoms with Crippen molar-refractivity contribution >= 4 is 49.9 Å². The highest BCUT2D eigenvalue weighted by molar-refractivity contribution is 9.13. The van der Waals surface area contributed by atoms with Crippen LogP contribution in [0.1, 0.15) is 19.4 Å². The lowest BCUT2D eigenvalue weighted by Crippen LogP contribution is -2.41. The molecule has 0 amide bonds. The zero-order valence-corrected chi connectivity index (χ0v) is 15.1. The molecule has 1 aliphatic heterocycles. The largest absolute Gasteiger partial charge is 0.504 e. The topological polar surface area (TPSA) is 82.1 Å². The molecule has 0 bridgehead atoms. The van der Waals surface area contributed by atoms with Gasteiger partial charge in [-0.3, -0.25) is 0 Å². The number of hydrogen-bond donors (Lipinski definition) is 1. The third-order valence-electron chi connectivity index (χ3n) is 2.82. The van der Waals surface area contributed by atoms with Crippen LogP contribution in [0.5, 0.6) is 11.5 Å². The Morgan fingerprint density at radius 2 is 1.77 bits per heavy atom. The van der Waals surface area contributed by atoms with Gasteiger partial charge in [-0.1, -0.05) is 0 Å². The van der Waals surface area contributed by atoms with E-state index in [2.05, 4.69) is 31.9 Å². The summed E-state index contributed by atoms with van der Waals surface area (Å²) in [4.78, 5) is 23.9. The molecule has 0 aromatic heterocycles. The van der Waals surface area contributed by atoms with E-state index in [-0.39, 0.29) is 22.6 Å². The number of halogens is 2. The van der Waals surface area contributed by atoms with Crippen molar-refractivity contribution in [2.75, 3.05) is 7.11 Å². The molecule has 8 heteroatoms. The van der Waals surface area contributed by atoms with Crippen LogP contribution >= 0.6 is 31.9 Å². The molecule has 22 heavy (non-hydrogen) atoms. The van der Waals surface area contributed by atoms with Gasteiger partial charge < -0.3 is 19.3 Å². The molecule has 0 atom stereocenters. The molecule has 0 spiro atoms. The molecule has 1 saturated heterocycles. The number of benzene rings is 1. The fourth-order valence-corrected chi connectivity index (χ4v) is 2.66. The van der Waals surface area contributed by atoms with Crippen LogP contribution in [0.4, 0.5) is 0 Å². The van der Waals surface area contributed by atoms with Gasteiger partial charge in [-0.15, -0.1) is 0 Å². The third-order valence-corrected chi connectivity index (χ3v) is 4.83. The van der Waals surface area contributed by atoms with Crippen LogP contribution in [0, 0.1) is 0 Å². The van der Waals surface area contributed by atoms with E-state index >= 15 is 0 Å². The van der Waals surface area contributed by atoms with Crippen LogP contribution in [-0.2, 0) is 19.1 Å². The van der Waals surface area contributed by atoms with E-state index < -0.39 is 17.7 Å². The molecule has 1 fully saturated rings. The third kappa shape index (κ3) is 3.12. The Labute approximate surface area is 143 Å². The normalized spacial score (nSPS) is 16.9. The lowest BCUT2D eigenvalue weighted by molar-refractivity contribution is -0.222. The summed E-state index contributed by atoms with van der Waals surface area (Å²) in [5, 5.41) is 10.2. The predicted octanol–water partition coefficient (Wildman–Crippen LogP) is 3.15. The number of rotatable bonds is 2. The minimum absolute atomic E-state index is 0.180. The monoisotopic (exact) mass is 434 g/mol. The lowest BCUT2D eigenvalue weighted by Gasteiger charge is -2.29. The van der Waals surface area contributed by atoms with Crippen molar-refractivity contribution in [3.05, 3.63) is 26.1 Å². The van der Waals surface area contributed by atoms with E-state index in [0.717, 1.165) is 0 Å². The lowest BCUT2D eigenvalue weighted by atomic mass is 10.1. The molecule has 118 valence electrons. The fourth-order valence-electron chi connectivity index (χ4n) is 1.82. The Morgan fingerprint density at radius 1 is 1.23 bits per heavy atom. The first-order valence-electron chi connectivity index (χ1n) is 6.09. The van der Waals surface area contributed by atoms with Gasteiger partial charge >= 0.3 is 11.9 Å². The molecule has 0 saturated carbocycles. The number of phenolic OH excluding ortho intramolecular Hbond substituents is 1. The van der Waals surface area contributed by atoms with Gasteiger partial charge in [0.25, 0.3) is 5.79 Å². The molecule has 1 aliphatic rings. The number of cyclic esters (lactones) is 2. The van der Waals surface area contributed by atoms with E-state index in [1.807, 2.05) is 0 Å². The summed E-state index contributed by atoms with van der Waals surface area (Å²) in [6, 6.07) is 1.54. The van der Waals surface area contributed by atoms with Crippen molar-refractivity contribution in [2.45, 2.75) is 19.6 Å². The summed E-state index contributed by atoms with van der Waals surface area (Å²) >= 11 is 6.56. The van der Waals surface area contributed by atoms with E-state index in [1.54, 1.807) is 6.07 Å². The molecule has 1 aromatic carbocycles. The molecule has 2 rings (SSSR count). The van der Waals surface area contributed by atoms with Crippen LogP contribution in [0.25, 0.3) is 6.08 Å². The van der Waals surface area contributed by atoms with Gasteiger partial charge in [0.2, 0.25) is 0 Å². The maximum absolute atomic E-state index is 12.0. The second-order valence-electron chi connectivity index (χ2n) is 4.87. The average molecular weight is 436 g/mol. The first kappa shape index (κ1) is 16.8. The maximum atomic E-state index is 12.0. The number of carbonyl (C=O) groups is 2. The first-order chi connectivity index (χ1) is 10.2. The number of phenols is 1. The van der Waals surface area contributed by atoms with Gasteiger partial charge in [-0.05, 0) is 44.0 Å². The maximum Gasteiger partial charge on any atom is 0.348 e. The molecular formula is C14H12Br2O6. The molecule has 0 aliphatic carbocycles. The number of ether oxygens (including phenoxy) is 3. The van der Waals surface area contributed by atoms with Crippen molar-refractivity contribution < 1.29 is 28.9 Å². The average Bonchev–Trinajstić information content (AvgIpc) is 2.40. The van der Waals surface area contributed by atoms with E-state index in [4.69, 9.17) is 14.2 Å². The Bertz CT molecular complexity index is 671. The molecule has 0 unspecified atom stereocenters. The van der Waals surface area contributed by atoms with Crippen LogP contribution in [0.15, 0.2) is 20.6 Å². The van der Waals surface area contributed by atoms with Gasteiger partial charge in [-0.25, -0.2) is 9.59 Å². The number of esters is 2. The predicted molar refractivity (Wildman–Crippen MR) is 84.3 cm³/mol. The number of aromatic hydroxyl groups is 1. The zero-order valence-electron chi connectivity index (χ0n) is 11.9. The number of carbonyl (C=O) groups excluding carboxylic acids is 2. The molecule has 1 heterocycles. The van der Waals surface area contributed by atoms with Gasteiger partial charge in [0, 0.05) is 28.4 Å². The molecule has 6 nitrogen and oxygen atoms in total. The van der Waals surface area contributed by atoms with Crippen molar-refractivity contribution in [1.82, 2.24) is 0 Å².